The predicted molar refractivity (Wildman–Crippen MR) is 337 cm³/mol. The Hall–Kier alpha value is -7.11. The van der Waals surface area contributed by atoms with Crippen LogP contribution < -0.4 is 25.9 Å². The molecule has 0 unspecified atom stereocenters. The van der Waals surface area contributed by atoms with Gasteiger partial charge in [-0.05, 0) is 157 Å². The first-order valence-corrected chi connectivity index (χ1v) is 28.8. The van der Waals surface area contributed by atoms with E-state index in [0.717, 1.165) is 0 Å². The highest BCUT2D eigenvalue weighted by atomic mass is 15.2. The molecule has 10 aromatic rings. The van der Waals surface area contributed by atoms with Gasteiger partial charge in [0.2, 0.25) is 0 Å². The molecular weight excluding hydrogens is 944 g/mol. The van der Waals surface area contributed by atoms with E-state index in [1.54, 1.807) is 0 Å². The topological polar surface area (TPSA) is 17.0 Å². The minimum absolute atomic E-state index is 0.0107. The zero-order valence-corrected chi connectivity index (χ0v) is 49.9. The van der Waals surface area contributed by atoms with Crippen molar-refractivity contribution in [2.75, 3.05) is 4.90 Å². The Morgan fingerprint density at radius 3 is 1.64 bits per heavy atom. The summed E-state index contributed by atoms with van der Waals surface area (Å²) in [6, 6.07) is 57.5. The zero-order chi connectivity index (χ0) is 55.4. The van der Waals surface area contributed by atoms with Crippen molar-refractivity contribution in [2.45, 2.75) is 151 Å². The summed E-state index contributed by atoms with van der Waals surface area (Å²) in [5.41, 5.74) is 28.1. The number of fused-ring (bicyclic) bond motifs is 8. The standard InChI is InChI=1S/C73H80BN4/c1-43(2)52-25-21-26-53(44(3)4)66(52)78-68-55(27-22-28-62(68)75(18)69(78)54-24-20-19-23-45(54)5)46-37-63-65-64(38-46)77-60-35-31-48(71(9,10)11)39-56(60)57-40-50(73(15,16)17)42-59(67(57)77)74(65)58-41-49(72(12,13)14)32-36-61(58)76(63)51-33-29-47(30-34-51)70(6,7)8/h19-44H,1-18H3/q+1. The van der Waals surface area contributed by atoms with Crippen LogP contribution in [0.2, 0.25) is 0 Å². The van der Waals surface area contributed by atoms with Crippen LogP contribution in [0.3, 0.4) is 0 Å². The Labute approximate surface area is 465 Å². The van der Waals surface area contributed by atoms with Gasteiger partial charge in [-0.2, -0.15) is 4.57 Å². The van der Waals surface area contributed by atoms with Crippen molar-refractivity contribution in [1.82, 2.24) is 9.13 Å². The first-order valence-electron chi connectivity index (χ1n) is 28.8. The highest BCUT2D eigenvalue weighted by Crippen LogP contribution is 2.48. The zero-order valence-electron chi connectivity index (χ0n) is 49.9. The monoisotopic (exact) mass is 1020 g/mol. The van der Waals surface area contributed by atoms with Gasteiger partial charge in [-0.1, -0.05) is 190 Å². The lowest BCUT2D eigenvalue weighted by atomic mass is 9.33. The van der Waals surface area contributed by atoms with Crippen molar-refractivity contribution in [1.29, 1.82) is 0 Å². The van der Waals surface area contributed by atoms with Crippen LogP contribution in [0.4, 0.5) is 17.1 Å². The molecule has 0 bridgehead atoms. The van der Waals surface area contributed by atoms with Crippen molar-refractivity contribution in [3.8, 4) is 33.9 Å². The van der Waals surface area contributed by atoms with E-state index >= 15 is 0 Å². The van der Waals surface area contributed by atoms with Crippen LogP contribution in [0.5, 0.6) is 0 Å². The largest absolute Gasteiger partial charge is 0.311 e. The molecule has 0 saturated carbocycles. The lowest BCUT2D eigenvalue weighted by Gasteiger charge is -2.41. The van der Waals surface area contributed by atoms with Gasteiger partial charge in [-0.3, -0.25) is 0 Å². The number of para-hydroxylation sites is 2. The van der Waals surface area contributed by atoms with Gasteiger partial charge in [-0.25, -0.2) is 4.57 Å². The van der Waals surface area contributed by atoms with Gasteiger partial charge in [0.15, 0.2) is 11.0 Å². The SMILES string of the molecule is Cc1ccccc1-c1n(-c2c(C(C)C)cccc2C(C)C)c2c(-c3cc4c5c(c3)-n3c6ccc(C(C)(C)C)cc6c6cc(C(C)(C)C)cc(c63)B5c3cc(C(C)(C)C)ccc3N4c3ccc(C(C)(C)C)cc3)cccc2[n+]1C. The summed E-state index contributed by atoms with van der Waals surface area (Å²) in [6.45, 7) is 39.9. The van der Waals surface area contributed by atoms with Crippen molar-refractivity contribution in [2.24, 2.45) is 7.05 Å². The molecule has 2 aliphatic rings. The molecule has 4 nitrogen and oxygen atoms in total. The van der Waals surface area contributed by atoms with Crippen molar-refractivity contribution in [3.63, 3.8) is 0 Å². The summed E-state index contributed by atoms with van der Waals surface area (Å²) in [4.78, 5) is 2.62. The Balaban J connectivity index is 1.29. The molecule has 0 fully saturated rings. The number of anilines is 3. The molecule has 2 aromatic heterocycles. The third-order valence-electron chi connectivity index (χ3n) is 17.7. The molecule has 2 aliphatic heterocycles. The highest BCUT2D eigenvalue weighted by molar-refractivity contribution is 7.00. The average molecular weight is 1020 g/mol. The number of aromatic nitrogens is 3. The molecule has 78 heavy (non-hydrogen) atoms. The number of nitrogens with zero attached hydrogens (tertiary/aromatic N) is 4. The van der Waals surface area contributed by atoms with E-state index in [-0.39, 0.29) is 28.4 Å². The summed E-state index contributed by atoms with van der Waals surface area (Å²) in [7, 11) is 2.28. The average Bonchev–Trinajstić information content (AvgIpc) is 3.47. The lowest BCUT2D eigenvalue weighted by Crippen LogP contribution is -2.60. The number of hydrogen-bond donors (Lipinski definition) is 0. The number of aryl methyl sites for hydroxylation is 2. The summed E-state index contributed by atoms with van der Waals surface area (Å²) in [6.07, 6.45) is 0. The molecule has 12 rings (SSSR count). The quantitative estimate of drug-likeness (QED) is 0.120. The van der Waals surface area contributed by atoms with E-state index in [1.165, 1.54) is 139 Å². The molecule has 4 heterocycles. The number of hydrogen-bond acceptors (Lipinski definition) is 1. The van der Waals surface area contributed by atoms with E-state index in [1.807, 2.05) is 0 Å². The maximum atomic E-state index is 2.68. The molecular formula is C73H80BN4+. The predicted octanol–water partition coefficient (Wildman–Crippen LogP) is 17.2. The maximum Gasteiger partial charge on any atom is 0.295 e. The van der Waals surface area contributed by atoms with E-state index in [9.17, 15) is 0 Å². The van der Waals surface area contributed by atoms with Gasteiger partial charge in [0.25, 0.3) is 12.5 Å². The van der Waals surface area contributed by atoms with E-state index in [2.05, 4.69) is 289 Å². The van der Waals surface area contributed by atoms with Crippen LogP contribution in [0.25, 0.3) is 66.7 Å². The first-order chi connectivity index (χ1) is 36.7. The molecule has 0 atom stereocenters. The summed E-state index contributed by atoms with van der Waals surface area (Å²) >= 11 is 0. The number of imidazole rings is 1. The van der Waals surface area contributed by atoms with Gasteiger partial charge >= 0.3 is 0 Å². The van der Waals surface area contributed by atoms with Crippen molar-refractivity contribution >= 4 is 73.0 Å². The minimum atomic E-state index is -0.0796. The van der Waals surface area contributed by atoms with E-state index in [4.69, 9.17) is 0 Å². The molecule has 0 amide bonds. The van der Waals surface area contributed by atoms with E-state index < -0.39 is 0 Å². The smallest absolute Gasteiger partial charge is 0.295 e. The molecule has 394 valence electrons. The van der Waals surface area contributed by atoms with Crippen LogP contribution in [0.15, 0.2) is 146 Å². The van der Waals surface area contributed by atoms with Crippen LogP contribution in [-0.4, -0.2) is 15.8 Å². The van der Waals surface area contributed by atoms with Gasteiger partial charge in [0, 0.05) is 55.7 Å². The molecule has 0 spiro atoms. The van der Waals surface area contributed by atoms with Crippen LogP contribution in [0.1, 0.15) is 162 Å². The minimum Gasteiger partial charge on any atom is -0.311 e. The Kier molecular flexibility index (Phi) is 11.7. The first kappa shape index (κ1) is 51.6. The Morgan fingerprint density at radius 2 is 1.01 bits per heavy atom. The third kappa shape index (κ3) is 7.95. The maximum absolute atomic E-state index is 2.68. The second-order valence-electron chi connectivity index (χ2n) is 27.8. The van der Waals surface area contributed by atoms with Crippen molar-refractivity contribution < 1.29 is 4.57 Å². The van der Waals surface area contributed by atoms with Crippen LogP contribution >= 0.6 is 0 Å². The van der Waals surface area contributed by atoms with Crippen molar-refractivity contribution in [3.05, 3.63) is 185 Å². The second kappa shape index (κ2) is 17.7. The molecule has 0 saturated heterocycles. The molecule has 0 aliphatic carbocycles. The number of benzene rings is 8. The fourth-order valence-electron chi connectivity index (χ4n) is 13.2. The fraction of sp³-hybridized carbons (Fsp3) is 0.329. The highest BCUT2D eigenvalue weighted by Gasteiger charge is 2.44. The Morgan fingerprint density at radius 1 is 0.462 bits per heavy atom. The summed E-state index contributed by atoms with van der Waals surface area (Å²) in [5, 5.41) is 2.65. The second-order valence-corrected chi connectivity index (χ2v) is 27.8. The van der Waals surface area contributed by atoms with Gasteiger partial charge in [0.05, 0.1) is 18.1 Å². The molecule has 5 heteroatoms. The van der Waals surface area contributed by atoms with E-state index in [0.29, 0.717) is 11.8 Å². The lowest BCUT2D eigenvalue weighted by molar-refractivity contribution is -0.633. The van der Waals surface area contributed by atoms with Gasteiger partial charge in [-0.15, -0.1) is 0 Å². The van der Waals surface area contributed by atoms with Crippen LogP contribution in [0, 0.1) is 6.92 Å². The third-order valence-corrected chi connectivity index (χ3v) is 17.7. The molecule has 0 N–H and O–H groups in total. The molecule has 0 radical (unpaired) electrons. The van der Waals surface area contributed by atoms with Gasteiger partial charge < -0.3 is 9.47 Å². The van der Waals surface area contributed by atoms with Crippen LogP contribution in [-0.2, 0) is 28.7 Å². The summed E-state index contributed by atoms with van der Waals surface area (Å²) in [5.74, 6) is 1.77. The fourth-order valence-corrected chi connectivity index (χ4v) is 13.2. The van der Waals surface area contributed by atoms with Gasteiger partial charge in [0.1, 0.15) is 5.69 Å². The summed E-state index contributed by atoms with van der Waals surface area (Å²) < 4.78 is 7.81. The normalized spacial score (nSPS) is 13.7. The molecule has 8 aromatic carbocycles. The number of rotatable bonds is 6. The Bertz CT molecular complexity index is 4060.